The van der Waals surface area contributed by atoms with Gasteiger partial charge in [0.2, 0.25) is 0 Å². The maximum Gasteiger partial charge on any atom is 0.416 e. The minimum absolute atomic E-state index is 0.345. The monoisotopic (exact) mass is 256 g/mol. The van der Waals surface area contributed by atoms with Gasteiger partial charge >= 0.3 is 6.18 Å². The molecule has 0 saturated carbocycles. The summed E-state index contributed by atoms with van der Waals surface area (Å²) in [5.41, 5.74) is 6.15. The van der Waals surface area contributed by atoms with E-state index in [0.29, 0.717) is 23.6 Å². The van der Waals surface area contributed by atoms with Gasteiger partial charge in [0.05, 0.1) is 11.3 Å². The van der Waals surface area contributed by atoms with E-state index in [1.807, 2.05) is 6.92 Å². The molecule has 4 nitrogen and oxygen atoms in total. The molecular formula is C11H11F3N4. The van der Waals surface area contributed by atoms with E-state index in [0.717, 1.165) is 12.1 Å². The fourth-order valence-electron chi connectivity index (χ4n) is 1.55. The number of benzene rings is 1. The Hall–Kier alpha value is -2.05. The number of hydrogen-bond acceptors (Lipinski definition) is 3. The average molecular weight is 256 g/mol. The third-order valence-corrected chi connectivity index (χ3v) is 2.55. The zero-order valence-corrected chi connectivity index (χ0v) is 9.57. The summed E-state index contributed by atoms with van der Waals surface area (Å²) in [6.07, 6.45) is -3.73. The van der Waals surface area contributed by atoms with Crippen molar-refractivity contribution in [1.29, 1.82) is 0 Å². The highest BCUT2D eigenvalue weighted by atomic mass is 19.4. The second kappa shape index (κ2) is 4.32. The first kappa shape index (κ1) is 12.4. The third kappa shape index (κ3) is 2.15. The van der Waals surface area contributed by atoms with E-state index >= 15 is 0 Å². The van der Waals surface area contributed by atoms with Crippen LogP contribution in [0, 0.1) is 0 Å². The van der Waals surface area contributed by atoms with Crippen LogP contribution in [0.5, 0.6) is 0 Å². The van der Waals surface area contributed by atoms with Gasteiger partial charge in [-0.2, -0.15) is 17.9 Å². The van der Waals surface area contributed by atoms with Crippen LogP contribution in [-0.4, -0.2) is 15.0 Å². The lowest BCUT2D eigenvalue weighted by molar-refractivity contribution is -0.137. The Morgan fingerprint density at radius 2 is 1.83 bits per heavy atom. The summed E-state index contributed by atoms with van der Waals surface area (Å²) in [6.45, 7) is 1.87. The fourth-order valence-corrected chi connectivity index (χ4v) is 1.55. The number of rotatable bonds is 2. The maximum absolute atomic E-state index is 12.4. The second-order valence-electron chi connectivity index (χ2n) is 3.73. The molecule has 0 amide bonds. The van der Waals surface area contributed by atoms with E-state index in [2.05, 4.69) is 10.3 Å². The maximum atomic E-state index is 12.4. The van der Waals surface area contributed by atoms with Crippen molar-refractivity contribution in [3.05, 3.63) is 35.5 Å². The molecule has 1 aromatic carbocycles. The number of nitrogens with two attached hydrogens (primary N) is 1. The van der Waals surface area contributed by atoms with Crippen molar-refractivity contribution in [2.45, 2.75) is 19.5 Å². The first-order chi connectivity index (χ1) is 8.43. The van der Waals surface area contributed by atoms with E-state index in [-0.39, 0.29) is 0 Å². The van der Waals surface area contributed by atoms with Gasteiger partial charge in [-0.25, -0.2) is 0 Å². The van der Waals surface area contributed by atoms with Crippen LogP contribution in [0.25, 0.3) is 5.69 Å². The Morgan fingerprint density at radius 3 is 2.28 bits per heavy atom. The van der Waals surface area contributed by atoms with Gasteiger partial charge in [0.15, 0.2) is 5.82 Å². The van der Waals surface area contributed by atoms with Crippen LogP contribution >= 0.6 is 0 Å². The van der Waals surface area contributed by atoms with Crippen LogP contribution in [0.15, 0.2) is 24.3 Å². The fraction of sp³-hybridized carbons (Fsp3) is 0.273. The molecule has 0 spiro atoms. The molecule has 1 heterocycles. The van der Waals surface area contributed by atoms with Gasteiger partial charge in [-0.3, -0.25) is 0 Å². The zero-order valence-electron chi connectivity index (χ0n) is 9.57. The number of nitrogens with zero attached hydrogens (tertiary/aromatic N) is 3. The first-order valence-corrected chi connectivity index (χ1v) is 5.31. The van der Waals surface area contributed by atoms with E-state index in [9.17, 15) is 13.2 Å². The summed E-state index contributed by atoms with van der Waals surface area (Å²) in [6, 6.07) is 4.60. The zero-order chi connectivity index (χ0) is 13.3. The molecule has 7 heteroatoms. The molecule has 0 aliphatic rings. The molecule has 96 valence electrons. The lowest BCUT2D eigenvalue weighted by Gasteiger charge is -2.08. The number of aryl methyl sites for hydroxylation is 1. The number of aromatic nitrogens is 3. The molecule has 0 unspecified atom stereocenters. The van der Waals surface area contributed by atoms with Crippen molar-refractivity contribution < 1.29 is 13.2 Å². The number of halogens is 3. The standard InChI is InChI=1S/C11H11F3N4/c1-2-9-10(15)18(17-16-9)8-5-3-7(4-6-8)11(12,13)14/h3-6H,2,15H2,1H3. The van der Waals surface area contributed by atoms with Crippen molar-refractivity contribution in [2.75, 3.05) is 5.73 Å². The Labute approximate surface area is 101 Å². The summed E-state index contributed by atoms with van der Waals surface area (Å²) in [7, 11) is 0. The summed E-state index contributed by atoms with van der Waals surface area (Å²) < 4.78 is 38.5. The van der Waals surface area contributed by atoms with Gasteiger partial charge in [0.25, 0.3) is 0 Å². The molecule has 0 saturated heterocycles. The molecule has 2 aromatic rings. The SMILES string of the molecule is CCc1nnn(-c2ccc(C(F)(F)F)cc2)c1N. The summed E-state index contributed by atoms with van der Waals surface area (Å²) in [4.78, 5) is 0. The lowest BCUT2D eigenvalue weighted by Crippen LogP contribution is -2.06. The van der Waals surface area contributed by atoms with Crippen LogP contribution in [0.1, 0.15) is 18.2 Å². The highest BCUT2D eigenvalue weighted by Gasteiger charge is 2.30. The van der Waals surface area contributed by atoms with Gasteiger partial charge < -0.3 is 5.73 Å². The first-order valence-electron chi connectivity index (χ1n) is 5.31. The summed E-state index contributed by atoms with van der Waals surface area (Å²) in [5.74, 6) is 0.345. The third-order valence-electron chi connectivity index (χ3n) is 2.55. The van der Waals surface area contributed by atoms with Crippen LogP contribution < -0.4 is 5.73 Å². The van der Waals surface area contributed by atoms with E-state index in [1.54, 1.807) is 0 Å². The predicted octanol–water partition coefficient (Wildman–Crippen LogP) is 2.43. The minimum Gasteiger partial charge on any atom is -0.382 e. The predicted molar refractivity (Wildman–Crippen MR) is 60.2 cm³/mol. The summed E-state index contributed by atoms with van der Waals surface area (Å²) in [5, 5.41) is 7.66. The van der Waals surface area contributed by atoms with Crippen molar-refractivity contribution in [3.8, 4) is 5.69 Å². The molecule has 0 atom stereocenters. The quantitative estimate of drug-likeness (QED) is 0.897. The second-order valence-corrected chi connectivity index (χ2v) is 3.73. The van der Waals surface area contributed by atoms with Crippen molar-refractivity contribution in [1.82, 2.24) is 15.0 Å². The molecule has 0 radical (unpaired) electrons. The van der Waals surface area contributed by atoms with Crippen LogP contribution in [0.3, 0.4) is 0 Å². The Balaban J connectivity index is 2.37. The van der Waals surface area contributed by atoms with Gasteiger partial charge in [-0.1, -0.05) is 12.1 Å². The number of alkyl halides is 3. The van der Waals surface area contributed by atoms with E-state index in [1.165, 1.54) is 16.8 Å². The average Bonchev–Trinajstić information content (AvgIpc) is 2.69. The molecule has 0 aliphatic heterocycles. The van der Waals surface area contributed by atoms with Crippen LogP contribution in [-0.2, 0) is 12.6 Å². The highest BCUT2D eigenvalue weighted by molar-refractivity contribution is 5.45. The number of hydrogen-bond donors (Lipinski definition) is 1. The lowest BCUT2D eigenvalue weighted by atomic mass is 10.2. The molecular weight excluding hydrogens is 245 g/mol. The normalized spacial score (nSPS) is 11.8. The van der Waals surface area contributed by atoms with Crippen molar-refractivity contribution in [2.24, 2.45) is 0 Å². The van der Waals surface area contributed by atoms with Crippen LogP contribution in [0.2, 0.25) is 0 Å². The van der Waals surface area contributed by atoms with Gasteiger partial charge in [0, 0.05) is 0 Å². The number of anilines is 1. The van der Waals surface area contributed by atoms with Crippen LogP contribution in [0.4, 0.5) is 19.0 Å². The molecule has 0 fully saturated rings. The Morgan fingerprint density at radius 1 is 1.22 bits per heavy atom. The van der Waals surface area contributed by atoms with Crippen molar-refractivity contribution in [3.63, 3.8) is 0 Å². The largest absolute Gasteiger partial charge is 0.416 e. The van der Waals surface area contributed by atoms with Gasteiger partial charge in [-0.15, -0.1) is 5.10 Å². The van der Waals surface area contributed by atoms with E-state index in [4.69, 9.17) is 5.73 Å². The van der Waals surface area contributed by atoms with Gasteiger partial charge in [-0.05, 0) is 30.7 Å². The Bertz CT molecular complexity index is 542. The molecule has 2 rings (SSSR count). The molecule has 2 N–H and O–H groups in total. The molecule has 0 aliphatic carbocycles. The Kier molecular flexibility index (Phi) is 2.98. The topological polar surface area (TPSA) is 56.7 Å². The molecule has 1 aromatic heterocycles. The molecule has 18 heavy (non-hydrogen) atoms. The smallest absolute Gasteiger partial charge is 0.382 e. The van der Waals surface area contributed by atoms with Gasteiger partial charge in [0.1, 0.15) is 5.69 Å². The minimum atomic E-state index is -4.35. The van der Waals surface area contributed by atoms with Crippen molar-refractivity contribution >= 4 is 5.82 Å². The number of nitrogen functional groups attached to an aromatic ring is 1. The van der Waals surface area contributed by atoms with E-state index < -0.39 is 11.7 Å². The summed E-state index contributed by atoms with van der Waals surface area (Å²) >= 11 is 0. The highest BCUT2D eigenvalue weighted by Crippen LogP contribution is 2.29. The molecule has 0 bridgehead atoms.